The Morgan fingerprint density at radius 2 is 1.71 bits per heavy atom. The van der Waals surface area contributed by atoms with Crippen LogP contribution in [0.4, 0.5) is 5.69 Å². The van der Waals surface area contributed by atoms with E-state index < -0.39 is 6.17 Å². The molecule has 31 heavy (non-hydrogen) atoms. The van der Waals surface area contributed by atoms with Crippen LogP contribution in [0.15, 0.2) is 60.7 Å². The van der Waals surface area contributed by atoms with E-state index in [2.05, 4.69) is 17.5 Å². The quantitative estimate of drug-likeness (QED) is 0.783. The SMILES string of the molecule is O=C(CN1C(=O)c2ccccc2N2C(=O)c3ccccc3C12)NCC1CC2C=CC1C2. The number of hydrogen-bond acceptors (Lipinski definition) is 3. The van der Waals surface area contributed by atoms with Crippen LogP contribution in [0.5, 0.6) is 0 Å². The maximum absolute atomic E-state index is 13.4. The summed E-state index contributed by atoms with van der Waals surface area (Å²) in [5.41, 5.74) is 2.40. The van der Waals surface area contributed by atoms with Crippen LogP contribution in [0.3, 0.4) is 0 Å². The maximum atomic E-state index is 13.4. The van der Waals surface area contributed by atoms with Gasteiger partial charge in [-0.05, 0) is 48.8 Å². The van der Waals surface area contributed by atoms with Gasteiger partial charge >= 0.3 is 0 Å². The number of fused-ring (bicyclic) bond motifs is 7. The second-order valence-electron chi connectivity index (χ2n) is 8.93. The lowest BCUT2D eigenvalue weighted by Gasteiger charge is -2.40. The topological polar surface area (TPSA) is 69.7 Å². The molecule has 2 aliphatic heterocycles. The Morgan fingerprint density at radius 1 is 0.935 bits per heavy atom. The molecule has 4 unspecified atom stereocenters. The van der Waals surface area contributed by atoms with E-state index in [4.69, 9.17) is 0 Å². The number of nitrogens with one attached hydrogen (secondary N) is 1. The van der Waals surface area contributed by atoms with Crippen molar-refractivity contribution in [1.82, 2.24) is 10.2 Å². The fourth-order valence-corrected chi connectivity index (χ4v) is 5.72. The first-order valence-corrected chi connectivity index (χ1v) is 10.9. The zero-order valence-corrected chi connectivity index (χ0v) is 17.0. The molecule has 0 saturated heterocycles. The summed E-state index contributed by atoms with van der Waals surface area (Å²) in [5, 5.41) is 3.05. The van der Waals surface area contributed by atoms with Gasteiger partial charge in [-0.1, -0.05) is 42.5 Å². The molecular formula is C25H23N3O3. The molecule has 2 heterocycles. The number of carbonyl (C=O) groups is 3. The highest BCUT2D eigenvalue weighted by Crippen LogP contribution is 2.45. The lowest BCUT2D eigenvalue weighted by molar-refractivity contribution is -0.122. The van der Waals surface area contributed by atoms with E-state index >= 15 is 0 Å². The second kappa shape index (κ2) is 6.80. The van der Waals surface area contributed by atoms with Crippen molar-refractivity contribution in [1.29, 1.82) is 0 Å². The average Bonchev–Trinajstić information content (AvgIpc) is 3.49. The van der Waals surface area contributed by atoms with Crippen LogP contribution < -0.4 is 10.2 Å². The van der Waals surface area contributed by atoms with Gasteiger partial charge < -0.3 is 10.2 Å². The minimum atomic E-state index is -0.595. The Morgan fingerprint density at radius 3 is 2.48 bits per heavy atom. The van der Waals surface area contributed by atoms with Crippen molar-refractivity contribution in [2.45, 2.75) is 19.0 Å². The summed E-state index contributed by atoms with van der Waals surface area (Å²) in [4.78, 5) is 42.6. The van der Waals surface area contributed by atoms with Gasteiger partial charge in [0.2, 0.25) is 5.91 Å². The van der Waals surface area contributed by atoms with Crippen LogP contribution in [0.25, 0.3) is 0 Å². The van der Waals surface area contributed by atoms with Crippen molar-refractivity contribution in [3.8, 4) is 0 Å². The lowest BCUT2D eigenvalue weighted by Crippen LogP contribution is -2.51. The van der Waals surface area contributed by atoms with Crippen molar-refractivity contribution in [2.24, 2.45) is 17.8 Å². The highest BCUT2D eigenvalue weighted by Gasteiger charge is 2.48. The summed E-state index contributed by atoms with van der Waals surface area (Å²) in [7, 11) is 0. The molecule has 6 heteroatoms. The summed E-state index contributed by atoms with van der Waals surface area (Å²) < 4.78 is 0. The fourth-order valence-electron chi connectivity index (χ4n) is 5.72. The normalized spacial score (nSPS) is 27.4. The molecule has 4 atom stereocenters. The molecule has 2 aliphatic carbocycles. The molecule has 2 aromatic carbocycles. The Hall–Kier alpha value is -3.41. The average molecular weight is 413 g/mol. The molecule has 0 spiro atoms. The Bertz CT molecular complexity index is 1140. The van der Waals surface area contributed by atoms with E-state index in [0.29, 0.717) is 41.1 Å². The predicted molar refractivity (Wildman–Crippen MR) is 115 cm³/mol. The molecule has 3 amide bonds. The molecule has 156 valence electrons. The van der Waals surface area contributed by atoms with Gasteiger partial charge in [0.05, 0.1) is 11.3 Å². The molecular weight excluding hydrogens is 390 g/mol. The van der Waals surface area contributed by atoms with Gasteiger partial charge in [0, 0.05) is 17.7 Å². The van der Waals surface area contributed by atoms with Crippen molar-refractivity contribution >= 4 is 23.4 Å². The van der Waals surface area contributed by atoms with Gasteiger partial charge in [-0.15, -0.1) is 0 Å². The number of rotatable bonds is 4. The van der Waals surface area contributed by atoms with Crippen LogP contribution in [0.2, 0.25) is 0 Å². The Balaban J connectivity index is 1.28. The molecule has 2 bridgehead atoms. The zero-order valence-electron chi connectivity index (χ0n) is 17.0. The van der Waals surface area contributed by atoms with Gasteiger partial charge in [-0.25, -0.2) is 0 Å². The van der Waals surface area contributed by atoms with Crippen molar-refractivity contribution in [3.05, 3.63) is 77.4 Å². The van der Waals surface area contributed by atoms with E-state index in [1.807, 2.05) is 24.3 Å². The molecule has 6 nitrogen and oxygen atoms in total. The number of nitrogens with zero attached hydrogens (tertiary/aromatic N) is 2. The molecule has 0 radical (unpaired) electrons. The fraction of sp³-hybridized carbons (Fsp3) is 0.320. The summed E-state index contributed by atoms with van der Waals surface area (Å²) in [6.07, 6.45) is 6.28. The molecule has 1 saturated carbocycles. The van der Waals surface area contributed by atoms with Crippen LogP contribution in [0.1, 0.15) is 45.3 Å². The third-order valence-corrected chi connectivity index (χ3v) is 7.17. The third kappa shape index (κ3) is 2.74. The van der Waals surface area contributed by atoms with Gasteiger partial charge in [0.15, 0.2) is 0 Å². The molecule has 1 N–H and O–H groups in total. The zero-order chi connectivity index (χ0) is 21.1. The van der Waals surface area contributed by atoms with Gasteiger partial charge in [-0.2, -0.15) is 0 Å². The smallest absolute Gasteiger partial charge is 0.260 e. The van der Waals surface area contributed by atoms with E-state index in [9.17, 15) is 14.4 Å². The number of anilines is 1. The van der Waals surface area contributed by atoms with E-state index in [1.165, 1.54) is 11.3 Å². The van der Waals surface area contributed by atoms with Crippen LogP contribution in [-0.2, 0) is 4.79 Å². The first-order valence-electron chi connectivity index (χ1n) is 10.9. The van der Waals surface area contributed by atoms with Crippen LogP contribution in [-0.4, -0.2) is 35.7 Å². The number of allylic oxidation sites excluding steroid dienone is 2. The number of hydrogen-bond donors (Lipinski definition) is 1. The highest BCUT2D eigenvalue weighted by atomic mass is 16.2. The molecule has 1 fully saturated rings. The molecule has 0 aromatic heterocycles. The summed E-state index contributed by atoms with van der Waals surface area (Å²) >= 11 is 0. The third-order valence-electron chi connectivity index (χ3n) is 7.17. The lowest BCUT2D eigenvalue weighted by atomic mass is 9.93. The Kier molecular flexibility index (Phi) is 4.03. The number of amides is 3. The molecule has 2 aromatic rings. The van der Waals surface area contributed by atoms with Crippen LogP contribution in [0, 0.1) is 17.8 Å². The predicted octanol–water partition coefficient (Wildman–Crippen LogP) is 3.13. The van der Waals surface area contributed by atoms with Gasteiger partial charge in [0.1, 0.15) is 12.7 Å². The van der Waals surface area contributed by atoms with Crippen molar-refractivity contribution in [2.75, 3.05) is 18.0 Å². The maximum Gasteiger partial charge on any atom is 0.260 e. The van der Waals surface area contributed by atoms with Gasteiger partial charge in [0.25, 0.3) is 11.8 Å². The Labute approximate surface area is 180 Å². The first-order chi connectivity index (χ1) is 15.1. The van der Waals surface area contributed by atoms with Crippen molar-refractivity contribution in [3.63, 3.8) is 0 Å². The van der Waals surface area contributed by atoms with Gasteiger partial charge in [-0.3, -0.25) is 19.3 Å². The van der Waals surface area contributed by atoms with E-state index in [-0.39, 0.29) is 24.3 Å². The minimum absolute atomic E-state index is 0.0768. The van der Waals surface area contributed by atoms with E-state index in [0.717, 1.165) is 12.0 Å². The van der Waals surface area contributed by atoms with Crippen molar-refractivity contribution < 1.29 is 14.4 Å². The molecule has 4 aliphatic rings. The van der Waals surface area contributed by atoms with E-state index in [1.54, 1.807) is 29.2 Å². The second-order valence-corrected chi connectivity index (χ2v) is 8.93. The summed E-state index contributed by atoms with van der Waals surface area (Å²) in [6.45, 7) is 0.555. The summed E-state index contributed by atoms with van der Waals surface area (Å²) in [6, 6.07) is 14.5. The standard InChI is InChI=1S/C25H23N3O3/c29-22(26-13-17-12-15-9-10-16(17)11-15)14-27-23-18-5-1-2-6-19(18)25(31)28(23)21-8-4-3-7-20(21)24(27)30/h1-10,15-17,23H,11-14H2,(H,26,29). The number of para-hydroxylation sites is 1. The number of carbonyl (C=O) groups excluding carboxylic acids is 3. The highest BCUT2D eigenvalue weighted by molar-refractivity contribution is 6.17. The molecule has 6 rings (SSSR count). The first kappa shape index (κ1) is 18.4. The minimum Gasteiger partial charge on any atom is -0.354 e. The largest absolute Gasteiger partial charge is 0.354 e. The monoisotopic (exact) mass is 413 g/mol. The summed E-state index contributed by atoms with van der Waals surface area (Å²) in [5.74, 6) is 1.14. The van der Waals surface area contributed by atoms with Crippen LogP contribution >= 0.6 is 0 Å². The number of benzene rings is 2.